The fourth-order valence-corrected chi connectivity index (χ4v) is 4.01. The molecular formula is C19H25N5O2. The highest BCUT2D eigenvalue weighted by atomic mass is 16.2. The van der Waals surface area contributed by atoms with Gasteiger partial charge in [0.15, 0.2) is 0 Å². The summed E-state index contributed by atoms with van der Waals surface area (Å²) < 4.78 is 1.43. The van der Waals surface area contributed by atoms with Crippen LogP contribution < -0.4 is 10.9 Å². The maximum atomic E-state index is 12.7. The van der Waals surface area contributed by atoms with Crippen molar-refractivity contribution in [3.63, 3.8) is 0 Å². The molecule has 7 nitrogen and oxygen atoms in total. The van der Waals surface area contributed by atoms with Gasteiger partial charge in [0.2, 0.25) is 5.91 Å². The minimum Gasteiger partial charge on any atom is -0.340 e. The summed E-state index contributed by atoms with van der Waals surface area (Å²) in [4.78, 5) is 34.1. The zero-order valence-corrected chi connectivity index (χ0v) is 15.1. The summed E-state index contributed by atoms with van der Waals surface area (Å²) in [5.74, 6) is -0.00135. The van der Waals surface area contributed by atoms with Crippen molar-refractivity contribution in [1.82, 2.24) is 24.7 Å². The maximum Gasteiger partial charge on any atom is 0.261 e. The van der Waals surface area contributed by atoms with Crippen LogP contribution in [0, 0.1) is 6.92 Å². The van der Waals surface area contributed by atoms with Crippen LogP contribution in [-0.4, -0.2) is 70.6 Å². The second kappa shape index (κ2) is 7.17. The minimum atomic E-state index is -0.148. The molecule has 1 amide bonds. The Labute approximate surface area is 152 Å². The molecular weight excluding hydrogens is 330 g/mol. The lowest BCUT2D eigenvalue weighted by molar-refractivity contribution is -0.131. The average molecular weight is 355 g/mol. The Kier molecular flexibility index (Phi) is 4.74. The van der Waals surface area contributed by atoms with E-state index in [9.17, 15) is 9.59 Å². The van der Waals surface area contributed by atoms with Gasteiger partial charge >= 0.3 is 0 Å². The van der Waals surface area contributed by atoms with E-state index < -0.39 is 0 Å². The quantitative estimate of drug-likeness (QED) is 0.852. The molecule has 0 spiro atoms. The van der Waals surface area contributed by atoms with Crippen molar-refractivity contribution in [3.8, 4) is 0 Å². The molecule has 1 N–H and O–H groups in total. The number of rotatable bonds is 3. The number of para-hydroxylation sites is 1. The van der Waals surface area contributed by atoms with Gasteiger partial charge in [-0.2, -0.15) is 0 Å². The summed E-state index contributed by atoms with van der Waals surface area (Å²) >= 11 is 0. The second-order valence-corrected chi connectivity index (χ2v) is 7.22. The largest absolute Gasteiger partial charge is 0.340 e. The number of likely N-dealkylation sites (tertiary alicyclic amines) is 1. The molecule has 2 aliphatic heterocycles. The number of hydrogen-bond acceptors (Lipinski definition) is 5. The van der Waals surface area contributed by atoms with Crippen molar-refractivity contribution < 1.29 is 4.79 Å². The van der Waals surface area contributed by atoms with Crippen molar-refractivity contribution in [2.45, 2.75) is 25.9 Å². The third-order valence-electron chi connectivity index (χ3n) is 5.54. The fraction of sp³-hybridized carbons (Fsp3) is 0.526. The summed E-state index contributed by atoms with van der Waals surface area (Å²) in [5.41, 5.74) is 1.53. The van der Waals surface area contributed by atoms with Crippen LogP contribution in [0.5, 0.6) is 0 Å². The van der Waals surface area contributed by atoms with Gasteiger partial charge in [-0.25, -0.2) is 4.98 Å². The van der Waals surface area contributed by atoms with Crippen LogP contribution in [0.1, 0.15) is 12.0 Å². The first kappa shape index (κ1) is 17.2. The second-order valence-electron chi connectivity index (χ2n) is 7.22. The van der Waals surface area contributed by atoms with Crippen LogP contribution in [0.4, 0.5) is 0 Å². The number of amides is 1. The van der Waals surface area contributed by atoms with Crippen LogP contribution in [0.3, 0.4) is 0 Å². The van der Waals surface area contributed by atoms with Crippen LogP contribution in [-0.2, 0) is 11.3 Å². The molecule has 1 unspecified atom stereocenters. The van der Waals surface area contributed by atoms with E-state index in [1.54, 1.807) is 6.07 Å². The van der Waals surface area contributed by atoms with Gasteiger partial charge in [0.25, 0.3) is 5.56 Å². The summed E-state index contributed by atoms with van der Waals surface area (Å²) in [7, 11) is 0. The molecule has 2 saturated heterocycles. The third kappa shape index (κ3) is 3.24. The number of carbonyl (C=O) groups is 1. The molecule has 3 heterocycles. The Balaban J connectivity index is 1.46. The highest BCUT2D eigenvalue weighted by Gasteiger charge is 2.31. The molecule has 2 aliphatic rings. The molecule has 1 aromatic heterocycles. The van der Waals surface area contributed by atoms with Gasteiger partial charge in [-0.1, -0.05) is 12.1 Å². The van der Waals surface area contributed by atoms with E-state index in [0.29, 0.717) is 16.9 Å². The highest BCUT2D eigenvalue weighted by Crippen LogP contribution is 2.17. The number of aryl methyl sites for hydroxylation is 1. The number of aromatic nitrogens is 2. The zero-order chi connectivity index (χ0) is 18.1. The Bertz CT molecular complexity index is 872. The lowest BCUT2D eigenvalue weighted by Crippen LogP contribution is -2.49. The molecule has 0 radical (unpaired) electrons. The predicted molar refractivity (Wildman–Crippen MR) is 100 cm³/mol. The van der Waals surface area contributed by atoms with Crippen molar-refractivity contribution in [2.24, 2.45) is 0 Å². The molecule has 138 valence electrons. The van der Waals surface area contributed by atoms with Gasteiger partial charge in [0.1, 0.15) is 6.54 Å². The van der Waals surface area contributed by atoms with Crippen LogP contribution in [0.2, 0.25) is 0 Å². The summed E-state index contributed by atoms with van der Waals surface area (Å²) in [5, 5.41) is 3.93. The molecule has 0 aliphatic carbocycles. The Morgan fingerprint density at radius 3 is 2.88 bits per heavy atom. The molecule has 2 fully saturated rings. The first-order chi connectivity index (χ1) is 12.6. The number of benzene rings is 1. The van der Waals surface area contributed by atoms with Crippen molar-refractivity contribution in [3.05, 3.63) is 40.4 Å². The normalized spacial score (nSPS) is 21.4. The molecule has 1 aromatic carbocycles. The number of carbonyl (C=O) groups excluding carboxylic acids is 1. The topological polar surface area (TPSA) is 70.5 Å². The van der Waals surface area contributed by atoms with Gasteiger partial charge in [-0.3, -0.25) is 19.1 Å². The van der Waals surface area contributed by atoms with E-state index in [2.05, 4.69) is 15.2 Å². The van der Waals surface area contributed by atoms with E-state index >= 15 is 0 Å². The maximum absolute atomic E-state index is 12.7. The van der Waals surface area contributed by atoms with Gasteiger partial charge in [-0.05, 0) is 25.0 Å². The van der Waals surface area contributed by atoms with Crippen LogP contribution in [0.15, 0.2) is 29.3 Å². The number of piperazine rings is 1. The summed E-state index contributed by atoms with van der Waals surface area (Å²) in [6, 6.07) is 6.00. The van der Waals surface area contributed by atoms with E-state index in [-0.39, 0.29) is 18.0 Å². The highest BCUT2D eigenvalue weighted by molar-refractivity contribution is 5.81. The molecule has 0 bridgehead atoms. The van der Waals surface area contributed by atoms with Crippen molar-refractivity contribution in [2.75, 3.05) is 39.3 Å². The van der Waals surface area contributed by atoms with Gasteiger partial charge in [0, 0.05) is 45.3 Å². The number of fused-ring (bicyclic) bond motifs is 1. The molecule has 26 heavy (non-hydrogen) atoms. The lowest BCUT2D eigenvalue weighted by Gasteiger charge is -2.32. The first-order valence-corrected chi connectivity index (χ1v) is 9.31. The Morgan fingerprint density at radius 2 is 2.08 bits per heavy atom. The van der Waals surface area contributed by atoms with E-state index in [1.807, 2.05) is 24.0 Å². The first-order valence-electron chi connectivity index (χ1n) is 9.31. The predicted octanol–water partition coefficient (Wildman–Crippen LogP) is 0.211. The van der Waals surface area contributed by atoms with Gasteiger partial charge in [-0.15, -0.1) is 0 Å². The monoisotopic (exact) mass is 355 g/mol. The molecule has 7 heteroatoms. The van der Waals surface area contributed by atoms with E-state index in [4.69, 9.17) is 0 Å². The van der Waals surface area contributed by atoms with Gasteiger partial charge < -0.3 is 10.2 Å². The zero-order valence-electron chi connectivity index (χ0n) is 15.1. The Morgan fingerprint density at radius 1 is 1.27 bits per heavy atom. The minimum absolute atomic E-state index is 0.00135. The molecule has 4 rings (SSSR count). The fourth-order valence-electron chi connectivity index (χ4n) is 4.01. The molecule has 0 saturated carbocycles. The number of nitrogens with zero attached hydrogens (tertiary/aromatic N) is 4. The number of hydrogen-bond donors (Lipinski definition) is 1. The van der Waals surface area contributed by atoms with E-state index in [0.717, 1.165) is 51.3 Å². The Hall–Kier alpha value is -2.25. The van der Waals surface area contributed by atoms with Crippen molar-refractivity contribution in [1.29, 1.82) is 0 Å². The lowest BCUT2D eigenvalue weighted by atomic mass is 10.1. The summed E-state index contributed by atoms with van der Waals surface area (Å²) in [6.45, 7) is 7.63. The third-order valence-corrected chi connectivity index (χ3v) is 5.54. The van der Waals surface area contributed by atoms with Crippen LogP contribution >= 0.6 is 0 Å². The smallest absolute Gasteiger partial charge is 0.261 e. The molecule has 1 atom stereocenters. The molecule has 2 aromatic rings. The van der Waals surface area contributed by atoms with Gasteiger partial charge in [0.05, 0.1) is 17.2 Å². The standard InChI is InChI=1S/C19H25N5O2/c1-14-3-2-4-16-18(14)21-13-24(19(16)26)12-17(25)23-8-5-15(11-23)22-9-6-20-7-10-22/h2-4,13,15,20H,5-12H2,1H3. The SMILES string of the molecule is Cc1cccc2c(=O)n(CC(=O)N3CCC(N4CCNCC4)C3)cnc12. The van der Waals surface area contributed by atoms with Crippen LogP contribution in [0.25, 0.3) is 10.9 Å². The van der Waals surface area contributed by atoms with Crippen molar-refractivity contribution >= 4 is 16.8 Å². The average Bonchev–Trinajstić information content (AvgIpc) is 3.16. The van der Waals surface area contributed by atoms with E-state index in [1.165, 1.54) is 10.9 Å². The number of nitrogens with one attached hydrogen (secondary N) is 1. The summed E-state index contributed by atoms with van der Waals surface area (Å²) in [6.07, 6.45) is 2.51.